The molecule has 0 saturated heterocycles. The number of hydrogen-bond acceptors (Lipinski definition) is 3. The first kappa shape index (κ1) is 17.3. The molecular weight excluding hydrogens is 396 g/mol. The SMILES string of the molecule is O=C(O)CCC[C@@H](NC(=O)c1ccc(F)cc1I)C(=O)O. The van der Waals surface area contributed by atoms with Crippen LogP contribution in [-0.2, 0) is 9.59 Å². The normalized spacial score (nSPS) is 11.7. The molecule has 1 aromatic rings. The first-order valence-electron chi connectivity index (χ1n) is 6.01. The number of carbonyl (C=O) groups excluding carboxylic acids is 1. The van der Waals surface area contributed by atoms with Gasteiger partial charge in [0.2, 0.25) is 0 Å². The van der Waals surface area contributed by atoms with E-state index in [1.54, 1.807) is 22.6 Å². The van der Waals surface area contributed by atoms with Crippen molar-refractivity contribution in [3.05, 3.63) is 33.1 Å². The Morgan fingerprint density at radius 1 is 1.29 bits per heavy atom. The summed E-state index contributed by atoms with van der Waals surface area (Å²) in [5.74, 6) is -3.40. The van der Waals surface area contributed by atoms with Crippen LogP contribution in [0.4, 0.5) is 4.39 Å². The second kappa shape index (κ2) is 7.91. The van der Waals surface area contributed by atoms with Crippen molar-refractivity contribution in [2.45, 2.75) is 25.3 Å². The zero-order valence-corrected chi connectivity index (χ0v) is 13.0. The highest BCUT2D eigenvalue weighted by Gasteiger charge is 2.21. The van der Waals surface area contributed by atoms with Crippen LogP contribution < -0.4 is 5.32 Å². The van der Waals surface area contributed by atoms with E-state index in [2.05, 4.69) is 5.32 Å². The highest BCUT2D eigenvalue weighted by Crippen LogP contribution is 2.14. The van der Waals surface area contributed by atoms with E-state index in [1.807, 2.05) is 0 Å². The number of aliphatic carboxylic acids is 2. The summed E-state index contributed by atoms with van der Waals surface area (Å²) in [6.07, 6.45) is -0.0357. The first-order chi connectivity index (χ1) is 9.81. The fraction of sp³-hybridized carbons (Fsp3) is 0.308. The van der Waals surface area contributed by atoms with Gasteiger partial charge in [0.15, 0.2) is 0 Å². The Morgan fingerprint density at radius 3 is 2.48 bits per heavy atom. The van der Waals surface area contributed by atoms with Crippen molar-refractivity contribution < 1.29 is 29.0 Å². The minimum atomic E-state index is -1.24. The van der Waals surface area contributed by atoms with Crippen LogP contribution in [0, 0.1) is 9.39 Å². The van der Waals surface area contributed by atoms with Gasteiger partial charge in [-0.1, -0.05) is 0 Å². The first-order valence-corrected chi connectivity index (χ1v) is 7.09. The zero-order chi connectivity index (χ0) is 16.0. The van der Waals surface area contributed by atoms with Crippen LogP contribution in [0.15, 0.2) is 18.2 Å². The molecule has 0 saturated carbocycles. The molecule has 3 N–H and O–H groups in total. The fourth-order valence-electron chi connectivity index (χ4n) is 1.62. The Morgan fingerprint density at radius 2 is 1.95 bits per heavy atom. The van der Waals surface area contributed by atoms with Crippen LogP contribution in [0.5, 0.6) is 0 Å². The van der Waals surface area contributed by atoms with E-state index < -0.39 is 29.7 Å². The molecule has 0 bridgehead atoms. The molecule has 1 atom stereocenters. The average molecular weight is 409 g/mol. The minimum absolute atomic E-state index is 0.00511. The molecule has 114 valence electrons. The number of halogens is 2. The highest BCUT2D eigenvalue weighted by atomic mass is 127. The van der Waals surface area contributed by atoms with Gasteiger partial charge in [-0.2, -0.15) is 0 Å². The Kier molecular flexibility index (Phi) is 6.53. The summed E-state index contributed by atoms with van der Waals surface area (Å²) in [7, 11) is 0. The predicted octanol–water partition coefficient (Wildman–Crippen LogP) is 1.87. The molecule has 1 rings (SSSR count). The third-order valence-corrected chi connectivity index (χ3v) is 3.56. The Balaban J connectivity index is 2.72. The van der Waals surface area contributed by atoms with Crippen molar-refractivity contribution in [3.63, 3.8) is 0 Å². The van der Waals surface area contributed by atoms with Gasteiger partial charge in [-0.05, 0) is 53.6 Å². The molecular formula is C13H13FINO5. The van der Waals surface area contributed by atoms with Crippen LogP contribution >= 0.6 is 22.6 Å². The van der Waals surface area contributed by atoms with E-state index in [-0.39, 0.29) is 24.8 Å². The van der Waals surface area contributed by atoms with Crippen LogP contribution in [0.3, 0.4) is 0 Å². The molecule has 0 aromatic heterocycles. The summed E-state index contributed by atoms with van der Waals surface area (Å²) in [4.78, 5) is 33.4. The number of carboxylic acids is 2. The van der Waals surface area contributed by atoms with E-state index in [0.29, 0.717) is 3.57 Å². The topological polar surface area (TPSA) is 104 Å². The van der Waals surface area contributed by atoms with Gasteiger partial charge in [0.05, 0.1) is 5.56 Å². The monoisotopic (exact) mass is 409 g/mol. The lowest BCUT2D eigenvalue weighted by Crippen LogP contribution is -2.41. The molecule has 0 aliphatic carbocycles. The number of rotatable bonds is 7. The van der Waals surface area contributed by atoms with E-state index in [4.69, 9.17) is 10.2 Å². The van der Waals surface area contributed by atoms with Gasteiger partial charge in [-0.3, -0.25) is 9.59 Å². The summed E-state index contributed by atoms with van der Waals surface area (Å²) < 4.78 is 13.3. The molecule has 0 aliphatic rings. The van der Waals surface area contributed by atoms with Crippen molar-refractivity contribution in [1.29, 1.82) is 0 Å². The van der Waals surface area contributed by atoms with Crippen LogP contribution in [0.25, 0.3) is 0 Å². The smallest absolute Gasteiger partial charge is 0.326 e. The van der Waals surface area contributed by atoms with Gasteiger partial charge < -0.3 is 15.5 Å². The lowest BCUT2D eigenvalue weighted by Gasteiger charge is -2.14. The molecule has 0 fully saturated rings. The number of amides is 1. The lowest BCUT2D eigenvalue weighted by atomic mass is 10.1. The quantitative estimate of drug-likeness (QED) is 0.597. The molecule has 21 heavy (non-hydrogen) atoms. The van der Waals surface area contributed by atoms with Crippen molar-refractivity contribution in [1.82, 2.24) is 5.32 Å². The van der Waals surface area contributed by atoms with E-state index >= 15 is 0 Å². The zero-order valence-electron chi connectivity index (χ0n) is 10.8. The molecule has 0 spiro atoms. The standard InChI is InChI=1S/C13H13FINO5/c14-7-4-5-8(9(15)6-7)12(19)16-10(13(20)21)2-1-3-11(17)18/h4-6,10H,1-3H2,(H,16,19)(H,17,18)(H,20,21)/t10-/m1/s1. The Labute approximate surface area is 133 Å². The summed E-state index contributed by atoms with van der Waals surface area (Å²) in [6, 6.07) is 2.35. The largest absolute Gasteiger partial charge is 0.481 e. The second-order valence-corrected chi connectivity index (χ2v) is 5.44. The number of hydrogen-bond donors (Lipinski definition) is 3. The number of carbonyl (C=O) groups is 3. The van der Waals surface area contributed by atoms with E-state index in [1.165, 1.54) is 6.07 Å². The van der Waals surface area contributed by atoms with Gasteiger partial charge in [-0.15, -0.1) is 0 Å². The molecule has 0 heterocycles. The third kappa shape index (κ3) is 5.66. The maximum absolute atomic E-state index is 13.0. The lowest BCUT2D eigenvalue weighted by molar-refractivity contribution is -0.140. The summed E-state index contributed by atoms with van der Waals surface area (Å²) >= 11 is 1.78. The Hall–Kier alpha value is -1.71. The number of nitrogens with one attached hydrogen (secondary N) is 1. The third-order valence-electron chi connectivity index (χ3n) is 2.66. The van der Waals surface area contributed by atoms with E-state index in [9.17, 15) is 18.8 Å². The summed E-state index contributed by atoms with van der Waals surface area (Å²) in [5, 5.41) is 19.8. The van der Waals surface area contributed by atoms with Gasteiger partial charge >= 0.3 is 11.9 Å². The minimum Gasteiger partial charge on any atom is -0.481 e. The van der Waals surface area contributed by atoms with Crippen LogP contribution in [0.2, 0.25) is 0 Å². The molecule has 6 nitrogen and oxygen atoms in total. The molecule has 0 aliphatic heterocycles. The average Bonchev–Trinajstić information content (AvgIpc) is 2.36. The van der Waals surface area contributed by atoms with Gasteiger partial charge in [0.1, 0.15) is 11.9 Å². The highest BCUT2D eigenvalue weighted by molar-refractivity contribution is 14.1. The number of benzene rings is 1. The molecule has 0 unspecified atom stereocenters. The van der Waals surface area contributed by atoms with Crippen molar-refractivity contribution >= 4 is 40.4 Å². The molecule has 8 heteroatoms. The second-order valence-electron chi connectivity index (χ2n) is 4.27. The van der Waals surface area contributed by atoms with Crippen molar-refractivity contribution in [3.8, 4) is 0 Å². The fourth-order valence-corrected chi connectivity index (χ4v) is 2.35. The summed E-state index contributed by atoms with van der Waals surface area (Å²) in [5.41, 5.74) is 0.168. The number of carboxylic acid groups (broad SMARTS) is 2. The van der Waals surface area contributed by atoms with Gasteiger partial charge in [-0.25, -0.2) is 9.18 Å². The molecule has 1 amide bonds. The van der Waals surface area contributed by atoms with Crippen LogP contribution in [-0.4, -0.2) is 34.1 Å². The Bertz CT molecular complexity index is 563. The predicted molar refractivity (Wildman–Crippen MR) is 79.5 cm³/mol. The molecule has 1 aromatic carbocycles. The van der Waals surface area contributed by atoms with Crippen LogP contribution in [0.1, 0.15) is 29.6 Å². The van der Waals surface area contributed by atoms with Gasteiger partial charge in [0, 0.05) is 9.99 Å². The van der Waals surface area contributed by atoms with E-state index in [0.717, 1.165) is 12.1 Å². The maximum Gasteiger partial charge on any atom is 0.326 e. The maximum atomic E-state index is 13.0. The molecule has 0 radical (unpaired) electrons. The van der Waals surface area contributed by atoms with Crippen molar-refractivity contribution in [2.24, 2.45) is 0 Å². The van der Waals surface area contributed by atoms with Crippen molar-refractivity contribution in [2.75, 3.05) is 0 Å². The van der Waals surface area contributed by atoms with Gasteiger partial charge in [0.25, 0.3) is 5.91 Å². The summed E-state index contributed by atoms with van der Waals surface area (Å²) in [6.45, 7) is 0.